The molecule has 0 unspecified atom stereocenters. The summed E-state index contributed by atoms with van der Waals surface area (Å²) < 4.78 is 0. The van der Waals surface area contributed by atoms with E-state index in [2.05, 4.69) is 0 Å². The van der Waals surface area contributed by atoms with E-state index in [1.54, 1.807) is 0 Å². The molecule has 0 heterocycles. The van der Waals surface area contributed by atoms with E-state index in [1.807, 2.05) is 0 Å². The first-order valence-electron chi connectivity index (χ1n) is 2.32. The van der Waals surface area contributed by atoms with Crippen LogP contribution in [0.25, 0.3) is 0 Å². The Morgan fingerprint density at radius 3 is 1.50 bits per heavy atom. The molecule has 0 spiro atoms. The number of unbranched alkanes of at least 4 members (excludes halogenated alkanes) is 1. The Morgan fingerprint density at radius 2 is 1.33 bits per heavy atom. The fraction of sp³-hybridized carbons (Fsp3) is 1.00. The van der Waals surface area contributed by atoms with Gasteiger partial charge in [-0.05, 0) is 25.9 Å². The quantitative estimate of drug-likeness (QED) is 0.469. The average molecular weight is 92.1 g/mol. The molecule has 0 aliphatic rings. The van der Waals surface area contributed by atoms with Gasteiger partial charge >= 0.3 is 0 Å². The first kappa shape index (κ1) is 5.92. The third-order valence-corrected chi connectivity index (χ3v) is 0.658. The summed E-state index contributed by atoms with van der Waals surface area (Å²) in [4.78, 5) is 0. The molecule has 0 bridgehead atoms. The Hall–Kier alpha value is -0.0800. The van der Waals surface area contributed by atoms with Crippen molar-refractivity contribution in [1.82, 2.24) is 0 Å². The van der Waals surface area contributed by atoms with Crippen LogP contribution >= 0.6 is 0 Å². The Morgan fingerprint density at radius 1 is 1.00 bits per heavy atom. The molecule has 0 aliphatic heterocycles. The summed E-state index contributed by atoms with van der Waals surface area (Å²) in [6.45, 7) is 1.55. The highest BCUT2D eigenvalue weighted by Crippen LogP contribution is 1.77. The van der Waals surface area contributed by atoms with Crippen LogP contribution < -0.4 is 11.5 Å². The maximum absolute atomic E-state index is 5.16. The van der Waals surface area contributed by atoms with Crippen molar-refractivity contribution >= 4 is 0 Å². The third kappa shape index (κ3) is 3.92. The number of hydrogen-bond acceptors (Lipinski definition) is 2. The van der Waals surface area contributed by atoms with E-state index in [4.69, 9.17) is 11.5 Å². The van der Waals surface area contributed by atoms with Gasteiger partial charge in [-0.2, -0.15) is 0 Å². The second-order valence-electron chi connectivity index (χ2n) is 1.28. The molecule has 0 fully saturated rings. The highest BCUT2D eigenvalue weighted by atomic mass is 15.3. The SMILES string of the molecule is N[14CH2]CC[14CH2]N. The molecule has 0 atom stereocenters. The van der Waals surface area contributed by atoms with E-state index in [0.717, 1.165) is 25.9 Å². The van der Waals surface area contributed by atoms with Crippen LogP contribution in [0.15, 0.2) is 0 Å². The van der Waals surface area contributed by atoms with Crippen molar-refractivity contribution in [2.45, 2.75) is 12.8 Å². The maximum Gasteiger partial charge on any atom is -0.00768 e. The lowest BCUT2D eigenvalue weighted by Crippen LogP contribution is -2.03. The molecule has 2 nitrogen and oxygen atoms in total. The first-order valence-corrected chi connectivity index (χ1v) is 2.32. The lowest BCUT2D eigenvalue weighted by Gasteiger charge is -1.87. The van der Waals surface area contributed by atoms with Crippen LogP contribution in [-0.2, 0) is 0 Å². The third-order valence-electron chi connectivity index (χ3n) is 0.658. The van der Waals surface area contributed by atoms with Gasteiger partial charge in [0.2, 0.25) is 0 Å². The minimum absolute atomic E-state index is 0.775. The largest absolute Gasteiger partial charge is 0.330 e. The van der Waals surface area contributed by atoms with E-state index >= 15 is 0 Å². The summed E-state index contributed by atoms with van der Waals surface area (Å²) in [6.07, 6.45) is 2.13. The summed E-state index contributed by atoms with van der Waals surface area (Å²) in [5, 5.41) is 0. The molecule has 6 heavy (non-hydrogen) atoms. The van der Waals surface area contributed by atoms with Crippen LogP contribution in [0.5, 0.6) is 0 Å². The molecule has 0 amide bonds. The zero-order valence-electron chi connectivity index (χ0n) is 3.98. The van der Waals surface area contributed by atoms with Crippen molar-refractivity contribution in [2.24, 2.45) is 11.5 Å². The van der Waals surface area contributed by atoms with Crippen molar-refractivity contribution < 1.29 is 0 Å². The molecule has 4 N–H and O–H groups in total. The van der Waals surface area contributed by atoms with Crippen molar-refractivity contribution in [1.29, 1.82) is 0 Å². The Balaban J connectivity index is 2.34. The zero-order chi connectivity index (χ0) is 4.83. The van der Waals surface area contributed by atoms with Crippen molar-refractivity contribution in [3.8, 4) is 0 Å². The second-order valence-corrected chi connectivity index (χ2v) is 1.28. The van der Waals surface area contributed by atoms with Gasteiger partial charge in [0, 0.05) is 0 Å². The van der Waals surface area contributed by atoms with Gasteiger partial charge in [-0.1, -0.05) is 0 Å². The molecule has 0 aromatic heterocycles. The van der Waals surface area contributed by atoms with Crippen molar-refractivity contribution in [2.75, 3.05) is 13.1 Å². The van der Waals surface area contributed by atoms with Crippen LogP contribution in [0.4, 0.5) is 0 Å². The lowest BCUT2D eigenvalue weighted by molar-refractivity contribution is 0.755. The fourth-order valence-corrected chi connectivity index (χ4v) is 0.289. The minimum Gasteiger partial charge on any atom is -0.330 e. The number of hydrogen-bond donors (Lipinski definition) is 2. The van der Waals surface area contributed by atoms with Gasteiger partial charge in [0.15, 0.2) is 0 Å². The zero-order valence-corrected chi connectivity index (χ0v) is 3.98. The molecule has 0 aromatic rings. The van der Waals surface area contributed by atoms with Crippen LogP contribution in [0.2, 0.25) is 0 Å². The molecule has 0 saturated carbocycles. The average Bonchev–Trinajstić information content (AvgIpc) is 1.61. The van der Waals surface area contributed by atoms with Crippen LogP contribution in [0.3, 0.4) is 0 Å². The molecule has 38 valence electrons. The van der Waals surface area contributed by atoms with E-state index < -0.39 is 0 Å². The molecule has 0 saturated heterocycles. The van der Waals surface area contributed by atoms with Gasteiger partial charge < -0.3 is 11.5 Å². The Kier molecular flexibility index (Phi) is 4.85. The van der Waals surface area contributed by atoms with Crippen LogP contribution in [0, 0.1) is 0 Å². The Bertz CT molecular complexity index is 17.5. The van der Waals surface area contributed by atoms with Crippen molar-refractivity contribution in [3.63, 3.8) is 0 Å². The van der Waals surface area contributed by atoms with E-state index in [1.165, 1.54) is 0 Å². The minimum atomic E-state index is 0.775. The van der Waals surface area contributed by atoms with E-state index in [0.29, 0.717) is 0 Å². The molecule has 0 aromatic carbocycles. The second kappa shape index (κ2) is 4.92. The van der Waals surface area contributed by atoms with Gasteiger partial charge in [-0.15, -0.1) is 0 Å². The van der Waals surface area contributed by atoms with Gasteiger partial charge in [0.05, 0.1) is 0 Å². The first-order chi connectivity index (χ1) is 2.91. The normalized spacial score (nSPS) is 9.00. The highest BCUT2D eigenvalue weighted by Gasteiger charge is 1.75. The summed E-state index contributed by atoms with van der Waals surface area (Å²) in [5.74, 6) is 0. The standard InChI is InChI=1S/C4H12N2/c5-3-1-2-4-6/h1-6H2/i3+2,4+2. The summed E-state index contributed by atoms with van der Waals surface area (Å²) >= 11 is 0. The van der Waals surface area contributed by atoms with Gasteiger partial charge in [0.25, 0.3) is 0 Å². The predicted octanol–water partition coefficient (Wildman–Crippen LogP) is -0.316. The van der Waals surface area contributed by atoms with Crippen LogP contribution in [0.1, 0.15) is 12.8 Å². The van der Waals surface area contributed by atoms with Gasteiger partial charge in [0.1, 0.15) is 0 Å². The Labute approximate surface area is 38.5 Å². The molecular weight excluding hydrogens is 80.0 g/mol. The molecule has 0 radical (unpaired) electrons. The summed E-state index contributed by atoms with van der Waals surface area (Å²) in [6, 6.07) is 0. The number of rotatable bonds is 3. The van der Waals surface area contributed by atoms with Gasteiger partial charge in [-0.25, -0.2) is 0 Å². The van der Waals surface area contributed by atoms with Crippen molar-refractivity contribution in [3.05, 3.63) is 0 Å². The molecule has 0 rings (SSSR count). The maximum atomic E-state index is 5.16. The van der Waals surface area contributed by atoms with E-state index in [9.17, 15) is 0 Å². The molecule has 2 heteroatoms. The monoisotopic (exact) mass is 92.1 g/mol. The predicted molar refractivity (Wildman–Crippen MR) is 27.3 cm³/mol. The summed E-state index contributed by atoms with van der Waals surface area (Å²) in [7, 11) is 0. The summed E-state index contributed by atoms with van der Waals surface area (Å²) in [5.41, 5.74) is 10.3. The topological polar surface area (TPSA) is 52.0 Å². The van der Waals surface area contributed by atoms with Crippen LogP contribution in [-0.4, -0.2) is 13.1 Å². The molecular formula is C4H12N2. The molecule has 0 aliphatic carbocycles. The fourth-order valence-electron chi connectivity index (χ4n) is 0.289. The van der Waals surface area contributed by atoms with E-state index in [-0.39, 0.29) is 0 Å². The lowest BCUT2D eigenvalue weighted by atomic mass is 10.7. The number of nitrogens with two attached hydrogens (primary N) is 2. The highest BCUT2D eigenvalue weighted by molar-refractivity contribution is 4.38. The smallest absolute Gasteiger partial charge is 0.00768 e. The van der Waals surface area contributed by atoms with Gasteiger partial charge in [-0.3, -0.25) is 0 Å².